The molecule has 78 valence electrons. The maximum atomic E-state index is 11.2. The van der Waals surface area contributed by atoms with E-state index in [1.165, 1.54) is 10.9 Å². The van der Waals surface area contributed by atoms with E-state index in [0.29, 0.717) is 5.69 Å². The van der Waals surface area contributed by atoms with Crippen molar-refractivity contribution in [1.29, 1.82) is 0 Å². The Morgan fingerprint density at radius 1 is 1.86 bits per heavy atom. The third-order valence-electron chi connectivity index (χ3n) is 1.55. The van der Waals surface area contributed by atoms with E-state index in [4.69, 9.17) is 10.8 Å². The summed E-state index contributed by atoms with van der Waals surface area (Å²) in [6, 6.07) is 0. The van der Waals surface area contributed by atoms with E-state index in [9.17, 15) is 4.79 Å². The normalized spacial score (nSPS) is 12.4. The number of aliphatic hydroxyl groups excluding tert-OH is 1. The Kier molecular flexibility index (Phi) is 3.47. The molecule has 1 heterocycles. The maximum absolute atomic E-state index is 11.2. The first-order valence-electron chi connectivity index (χ1n) is 4.30. The van der Waals surface area contributed by atoms with Crippen LogP contribution < -0.4 is 11.1 Å². The molecule has 1 rings (SSSR count). The lowest BCUT2D eigenvalue weighted by atomic mass is 10.4. The van der Waals surface area contributed by atoms with E-state index >= 15 is 0 Å². The van der Waals surface area contributed by atoms with Gasteiger partial charge < -0.3 is 16.2 Å². The Morgan fingerprint density at radius 2 is 2.57 bits per heavy atom. The second-order valence-electron chi connectivity index (χ2n) is 3.12. The number of amides is 1. The molecule has 0 aromatic carbocycles. The summed E-state index contributed by atoms with van der Waals surface area (Å²) in [5.74, 6) is -0.200. The fourth-order valence-electron chi connectivity index (χ4n) is 0.931. The van der Waals surface area contributed by atoms with Gasteiger partial charge in [0, 0.05) is 12.7 Å². The van der Waals surface area contributed by atoms with Crippen LogP contribution in [0.5, 0.6) is 0 Å². The molecule has 6 nitrogen and oxygen atoms in total. The standard InChI is InChI=1S/C8H14N4O2/c1-6(13)2-10-8(14)5-12-4-7(9)3-11-12/h3-4,6,13H,2,5,9H2,1H3,(H,10,14). The molecule has 0 saturated heterocycles. The number of carbonyl (C=O) groups excluding carboxylic acids is 1. The molecule has 0 spiro atoms. The number of rotatable bonds is 4. The predicted octanol–water partition coefficient (Wildman–Crippen LogP) is -1.04. The molecule has 1 aromatic rings. The number of nitrogens with two attached hydrogens (primary N) is 1. The molecule has 6 heteroatoms. The third kappa shape index (κ3) is 3.44. The van der Waals surface area contributed by atoms with Gasteiger partial charge in [-0.15, -0.1) is 0 Å². The van der Waals surface area contributed by atoms with Crippen LogP contribution in [0.4, 0.5) is 5.69 Å². The summed E-state index contributed by atoms with van der Waals surface area (Å²) in [5, 5.41) is 15.3. The van der Waals surface area contributed by atoms with Gasteiger partial charge in [0.2, 0.25) is 5.91 Å². The van der Waals surface area contributed by atoms with Crippen molar-refractivity contribution in [2.75, 3.05) is 12.3 Å². The Hall–Kier alpha value is -1.56. The molecule has 1 amide bonds. The molecule has 4 N–H and O–H groups in total. The minimum absolute atomic E-state index is 0.115. The first-order valence-corrected chi connectivity index (χ1v) is 4.30. The number of nitrogens with one attached hydrogen (secondary N) is 1. The Bertz CT molecular complexity index is 308. The molecule has 14 heavy (non-hydrogen) atoms. The van der Waals surface area contributed by atoms with Gasteiger partial charge in [-0.3, -0.25) is 9.48 Å². The van der Waals surface area contributed by atoms with E-state index < -0.39 is 6.10 Å². The number of nitrogen functional groups attached to an aromatic ring is 1. The van der Waals surface area contributed by atoms with Crippen LogP contribution in [0.25, 0.3) is 0 Å². The van der Waals surface area contributed by atoms with Gasteiger partial charge in [-0.1, -0.05) is 0 Å². The lowest BCUT2D eigenvalue weighted by Crippen LogP contribution is -2.33. The number of nitrogens with zero attached hydrogens (tertiary/aromatic N) is 2. The van der Waals surface area contributed by atoms with Crippen molar-refractivity contribution in [3.63, 3.8) is 0 Å². The van der Waals surface area contributed by atoms with Gasteiger partial charge in [0.25, 0.3) is 0 Å². The quantitative estimate of drug-likeness (QED) is 0.576. The molecule has 0 fully saturated rings. The van der Waals surface area contributed by atoms with Gasteiger partial charge in [0.05, 0.1) is 18.0 Å². The highest BCUT2D eigenvalue weighted by Gasteiger charge is 2.04. The van der Waals surface area contributed by atoms with Crippen molar-refractivity contribution in [2.45, 2.75) is 19.6 Å². The minimum atomic E-state index is -0.540. The molecule has 0 bridgehead atoms. The summed E-state index contributed by atoms with van der Waals surface area (Å²) in [6.45, 7) is 1.96. The van der Waals surface area contributed by atoms with Gasteiger partial charge in [0.1, 0.15) is 6.54 Å². The molecule has 0 radical (unpaired) electrons. The Balaban J connectivity index is 2.34. The predicted molar refractivity (Wildman–Crippen MR) is 51.3 cm³/mol. The number of hydrogen-bond donors (Lipinski definition) is 3. The highest BCUT2D eigenvalue weighted by Crippen LogP contribution is 1.96. The number of aromatic nitrogens is 2. The van der Waals surface area contributed by atoms with Crippen LogP contribution in [0.15, 0.2) is 12.4 Å². The highest BCUT2D eigenvalue weighted by molar-refractivity contribution is 5.75. The van der Waals surface area contributed by atoms with E-state index in [1.54, 1.807) is 13.1 Å². The van der Waals surface area contributed by atoms with E-state index in [2.05, 4.69) is 10.4 Å². The second-order valence-corrected chi connectivity index (χ2v) is 3.12. The third-order valence-corrected chi connectivity index (χ3v) is 1.55. The lowest BCUT2D eigenvalue weighted by Gasteiger charge is -2.06. The van der Waals surface area contributed by atoms with Crippen LogP contribution in [0.2, 0.25) is 0 Å². The molecule has 1 aromatic heterocycles. The summed E-state index contributed by atoms with van der Waals surface area (Å²) in [7, 11) is 0. The molecule has 0 aliphatic rings. The molecular weight excluding hydrogens is 184 g/mol. The smallest absolute Gasteiger partial charge is 0.241 e. The summed E-state index contributed by atoms with van der Waals surface area (Å²) >= 11 is 0. The average Bonchev–Trinajstić information content (AvgIpc) is 2.48. The topological polar surface area (TPSA) is 93.2 Å². The zero-order valence-corrected chi connectivity index (χ0v) is 7.97. The van der Waals surface area contributed by atoms with Crippen molar-refractivity contribution < 1.29 is 9.90 Å². The van der Waals surface area contributed by atoms with Crippen LogP contribution in [0, 0.1) is 0 Å². The number of aliphatic hydroxyl groups is 1. The molecule has 1 unspecified atom stereocenters. The van der Waals surface area contributed by atoms with E-state index in [-0.39, 0.29) is 19.0 Å². The molecule has 1 atom stereocenters. The Labute approximate surface area is 81.7 Å². The van der Waals surface area contributed by atoms with Gasteiger partial charge in [-0.2, -0.15) is 5.10 Å². The number of anilines is 1. The molecule has 0 aliphatic heterocycles. The molecule has 0 saturated carbocycles. The zero-order chi connectivity index (χ0) is 10.6. The minimum Gasteiger partial charge on any atom is -0.396 e. The van der Waals surface area contributed by atoms with Crippen LogP contribution in [0.3, 0.4) is 0 Å². The first-order chi connectivity index (χ1) is 6.58. The second kappa shape index (κ2) is 4.61. The number of hydrogen-bond acceptors (Lipinski definition) is 4. The maximum Gasteiger partial charge on any atom is 0.241 e. The fraction of sp³-hybridized carbons (Fsp3) is 0.500. The van der Waals surface area contributed by atoms with Crippen molar-refractivity contribution in [3.05, 3.63) is 12.4 Å². The van der Waals surface area contributed by atoms with Crippen LogP contribution in [-0.2, 0) is 11.3 Å². The summed E-state index contributed by atoms with van der Waals surface area (Å²) in [6.07, 6.45) is 2.51. The van der Waals surface area contributed by atoms with Crippen molar-refractivity contribution in [2.24, 2.45) is 0 Å². The highest BCUT2D eigenvalue weighted by atomic mass is 16.3. The van der Waals surface area contributed by atoms with Gasteiger partial charge in [-0.25, -0.2) is 0 Å². The van der Waals surface area contributed by atoms with Crippen molar-refractivity contribution in [3.8, 4) is 0 Å². The van der Waals surface area contributed by atoms with Crippen LogP contribution in [0.1, 0.15) is 6.92 Å². The van der Waals surface area contributed by atoms with Crippen molar-refractivity contribution in [1.82, 2.24) is 15.1 Å². The van der Waals surface area contributed by atoms with Crippen LogP contribution in [-0.4, -0.2) is 33.4 Å². The molecular formula is C8H14N4O2. The number of carbonyl (C=O) groups is 1. The van der Waals surface area contributed by atoms with Gasteiger partial charge in [-0.05, 0) is 6.92 Å². The van der Waals surface area contributed by atoms with Gasteiger partial charge in [0.15, 0.2) is 0 Å². The van der Waals surface area contributed by atoms with Crippen molar-refractivity contribution >= 4 is 11.6 Å². The monoisotopic (exact) mass is 198 g/mol. The summed E-state index contributed by atoms with van der Waals surface area (Å²) in [5.41, 5.74) is 5.94. The summed E-state index contributed by atoms with van der Waals surface area (Å²) < 4.78 is 1.44. The zero-order valence-electron chi connectivity index (χ0n) is 7.97. The van der Waals surface area contributed by atoms with Gasteiger partial charge >= 0.3 is 0 Å². The van der Waals surface area contributed by atoms with E-state index in [0.717, 1.165) is 0 Å². The van der Waals surface area contributed by atoms with Crippen LogP contribution >= 0.6 is 0 Å². The SMILES string of the molecule is CC(O)CNC(=O)Cn1cc(N)cn1. The first kappa shape index (κ1) is 10.5. The Morgan fingerprint density at radius 3 is 3.07 bits per heavy atom. The average molecular weight is 198 g/mol. The summed E-state index contributed by atoms with van der Waals surface area (Å²) in [4.78, 5) is 11.2. The lowest BCUT2D eigenvalue weighted by molar-refractivity contribution is -0.122. The molecule has 0 aliphatic carbocycles. The van der Waals surface area contributed by atoms with E-state index in [1.807, 2.05) is 0 Å². The fourth-order valence-corrected chi connectivity index (χ4v) is 0.931. The largest absolute Gasteiger partial charge is 0.396 e.